The maximum Gasteiger partial charge on any atom is 0.251 e. The summed E-state index contributed by atoms with van der Waals surface area (Å²) in [5.74, 6) is 0.112. The van der Waals surface area contributed by atoms with Gasteiger partial charge in [-0.2, -0.15) is 10.4 Å². The SMILES string of the molecule is CCCOCC(=O)Nc1c(C#N)cnn1C. The lowest BCUT2D eigenvalue weighted by atomic mass is 10.3. The molecule has 0 atom stereocenters. The highest BCUT2D eigenvalue weighted by molar-refractivity contribution is 5.92. The van der Waals surface area contributed by atoms with E-state index in [1.807, 2.05) is 13.0 Å². The molecule has 6 nitrogen and oxygen atoms in total. The van der Waals surface area contributed by atoms with Crippen molar-refractivity contribution in [3.8, 4) is 6.07 Å². The first-order chi connectivity index (χ1) is 7.69. The van der Waals surface area contributed by atoms with Crippen molar-refractivity contribution in [2.24, 2.45) is 7.05 Å². The molecule has 1 aromatic rings. The van der Waals surface area contributed by atoms with E-state index in [1.54, 1.807) is 7.05 Å². The van der Waals surface area contributed by atoms with Gasteiger partial charge < -0.3 is 10.1 Å². The molecule has 1 rings (SSSR count). The van der Waals surface area contributed by atoms with E-state index in [1.165, 1.54) is 10.9 Å². The lowest BCUT2D eigenvalue weighted by Crippen LogP contribution is -2.20. The molecular weight excluding hydrogens is 208 g/mol. The van der Waals surface area contributed by atoms with Crippen LogP contribution in [0.2, 0.25) is 0 Å². The molecule has 1 N–H and O–H groups in total. The van der Waals surface area contributed by atoms with E-state index in [4.69, 9.17) is 10.00 Å². The van der Waals surface area contributed by atoms with Crippen molar-refractivity contribution >= 4 is 11.7 Å². The molecule has 16 heavy (non-hydrogen) atoms. The number of rotatable bonds is 5. The number of nitriles is 1. The number of hydrogen-bond donors (Lipinski definition) is 1. The Balaban J connectivity index is 2.56. The minimum Gasteiger partial charge on any atom is -0.372 e. The van der Waals surface area contributed by atoms with Gasteiger partial charge in [-0.05, 0) is 6.42 Å². The number of carbonyl (C=O) groups excluding carboxylic acids is 1. The molecule has 1 heterocycles. The number of anilines is 1. The number of nitrogens with one attached hydrogen (secondary N) is 1. The van der Waals surface area contributed by atoms with Crippen LogP contribution in [0.25, 0.3) is 0 Å². The molecule has 0 aliphatic heterocycles. The summed E-state index contributed by atoms with van der Waals surface area (Å²) >= 11 is 0. The van der Waals surface area contributed by atoms with Crippen molar-refractivity contribution < 1.29 is 9.53 Å². The van der Waals surface area contributed by atoms with Crippen molar-refractivity contribution in [3.05, 3.63) is 11.8 Å². The normalized spacial score (nSPS) is 9.81. The number of nitrogens with zero attached hydrogens (tertiary/aromatic N) is 3. The predicted octanol–water partition coefficient (Wildman–Crippen LogP) is 0.657. The second-order valence-electron chi connectivity index (χ2n) is 3.24. The van der Waals surface area contributed by atoms with E-state index in [0.717, 1.165) is 6.42 Å². The molecule has 0 saturated carbocycles. The minimum absolute atomic E-state index is 0.0100. The molecule has 0 aliphatic rings. The molecule has 0 radical (unpaired) electrons. The molecule has 0 bridgehead atoms. The number of ether oxygens (including phenoxy) is 1. The molecule has 0 spiro atoms. The fourth-order valence-corrected chi connectivity index (χ4v) is 1.14. The highest BCUT2D eigenvalue weighted by Gasteiger charge is 2.11. The molecule has 0 aromatic carbocycles. The van der Waals surface area contributed by atoms with Crippen LogP contribution < -0.4 is 5.32 Å². The first-order valence-electron chi connectivity index (χ1n) is 4.98. The van der Waals surface area contributed by atoms with Gasteiger partial charge in [-0.15, -0.1) is 0 Å². The molecular formula is C10H14N4O2. The minimum atomic E-state index is -0.284. The lowest BCUT2D eigenvalue weighted by molar-refractivity contribution is -0.120. The van der Waals surface area contributed by atoms with Crippen LogP contribution in [0.5, 0.6) is 0 Å². The predicted molar refractivity (Wildman–Crippen MR) is 57.7 cm³/mol. The van der Waals surface area contributed by atoms with E-state index in [9.17, 15) is 4.79 Å². The van der Waals surface area contributed by atoms with E-state index < -0.39 is 0 Å². The van der Waals surface area contributed by atoms with Gasteiger partial charge in [0.1, 0.15) is 24.1 Å². The molecule has 0 aliphatic carbocycles. The molecule has 0 unspecified atom stereocenters. The highest BCUT2D eigenvalue weighted by Crippen LogP contribution is 2.11. The number of amides is 1. The third kappa shape index (κ3) is 3.07. The Morgan fingerprint density at radius 2 is 2.50 bits per heavy atom. The second-order valence-corrected chi connectivity index (χ2v) is 3.24. The van der Waals surface area contributed by atoms with Crippen LogP contribution in [0.3, 0.4) is 0 Å². The van der Waals surface area contributed by atoms with Crippen molar-refractivity contribution in [2.75, 3.05) is 18.5 Å². The quantitative estimate of drug-likeness (QED) is 0.742. The first-order valence-corrected chi connectivity index (χ1v) is 4.98. The summed E-state index contributed by atoms with van der Waals surface area (Å²) in [7, 11) is 1.66. The first kappa shape index (κ1) is 12.2. The molecule has 0 saturated heterocycles. The fourth-order valence-electron chi connectivity index (χ4n) is 1.14. The zero-order valence-electron chi connectivity index (χ0n) is 9.36. The average molecular weight is 222 g/mol. The Kier molecular flexibility index (Phi) is 4.48. The van der Waals surface area contributed by atoms with Crippen LogP contribution in [-0.4, -0.2) is 28.9 Å². The zero-order valence-corrected chi connectivity index (χ0v) is 9.36. The van der Waals surface area contributed by atoms with E-state index >= 15 is 0 Å². The number of aromatic nitrogens is 2. The van der Waals surface area contributed by atoms with Gasteiger partial charge in [0.15, 0.2) is 0 Å². The lowest BCUT2D eigenvalue weighted by Gasteiger charge is -2.06. The van der Waals surface area contributed by atoms with E-state index in [0.29, 0.717) is 18.0 Å². The van der Waals surface area contributed by atoms with Gasteiger partial charge in [-0.1, -0.05) is 6.92 Å². The number of aryl methyl sites for hydroxylation is 1. The largest absolute Gasteiger partial charge is 0.372 e. The van der Waals surface area contributed by atoms with Gasteiger partial charge in [0, 0.05) is 13.7 Å². The van der Waals surface area contributed by atoms with Gasteiger partial charge in [0.2, 0.25) is 0 Å². The number of hydrogen-bond acceptors (Lipinski definition) is 4. The van der Waals surface area contributed by atoms with Crippen LogP contribution in [0.4, 0.5) is 5.82 Å². The molecule has 1 aromatic heterocycles. The zero-order chi connectivity index (χ0) is 12.0. The third-order valence-electron chi connectivity index (χ3n) is 1.90. The topological polar surface area (TPSA) is 79.9 Å². The summed E-state index contributed by atoms with van der Waals surface area (Å²) in [5.41, 5.74) is 0.339. The van der Waals surface area contributed by atoms with Crippen LogP contribution >= 0.6 is 0 Å². The highest BCUT2D eigenvalue weighted by atomic mass is 16.5. The molecule has 1 amide bonds. The standard InChI is InChI=1S/C10H14N4O2/c1-3-4-16-7-9(15)13-10-8(5-11)6-12-14(10)2/h6H,3-4,7H2,1-2H3,(H,13,15). The fraction of sp³-hybridized carbons (Fsp3) is 0.500. The summed E-state index contributed by atoms with van der Waals surface area (Å²) in [6.07, 6.45) is 2.27. The maximum absolute atomic E-state index is 11.4. The van der Waals surface area contributed by atoms with Crippen molar-refractivity contribution in [1.82, 2.24) is 9.78 Å². The average Bonchev–Trinajstić information content (AvgIpc) is 2.61. The Labute approximate surface area is 93.8 Å². The Morgan fingerprint density at radius 3 is 3.12 bits per heavy atom. The van der Waals surface area contributed by atoms with Crippen LogP contribution in [-0.2, 0) is 16.6 Å². The van der Waals surface area contributed by atoms with Gasteiger partial charge >= 0.3 is 0 Å². The van der Waals surface area contributed by atoms with E-state index in [-0.39, 0.29) is 12.5 Å². The van der Waals surface area contributed by atoms with Crippen molar-refractivity contribution in [1.29, 1.82) is 5.26 Å². The smallest absolute Gasteiger partial charge is 0.251 e. The van der Waals surface area contributed by atoms with Crippen LogP contribution in [0.15, 0.2) is 6.20 Å². The monoisotopic (exact) mass is 222 g/mol. The summed E-state index contributed by atoms with van der Waals surface area (Å²) in [6.45, 7) is 2.50. The second kappa shape index (κ2) is 5.88. The summed E-state index contributed by atoms with van der Waals surface area (Å²) in [5, 5.41) is 15.2. The Morgan fingerprint density at radius 1 is 1.75 bits per heavy atom. The van der Waals surface area contributed by atoms with Gasteiger partial charge in [-0.3, -0.25) is 9.48 Å². The van der Waals surface area contributed by atoms with E-state index in [2.05, 4.69) is 10.4 Å². The Bertz CT molecular complexity index is 405. The molecule has 0 fully saturated rings. The molecule has 86 valence electrons. The maximum atomic E-state index is 11.4. The van der Waals surface area contributed by atoms with Crippen LogP contribution in [0, 0.1) is 11.3 Å². The third-order valence-corrected chi connectivity index (χ3v) is 1.90. The Hall–Kier alpha value is -1.87. The number of carbonyl (C=O) groups is 1. The van der Waals surface area contributed by atoms with Crippen molar-refractivity contribution in [2.45, 2.75) is 13.3 Å². The van der Waals surface area contributed by atoms with Gasteiger partial charge in [0.05, 0.1) is 6.20 Å². The summed E-state index contributed by atoms with van der Waals surface area (Å²) in [4.78, 5) is 11.4. The van der Waals surface area contributed by atoms with Crippen molar-refractivity contribution in [3.63, 3.8) is 0 Å². The van der Waals surface area contributed by atoms with Crippen LogP contribution in [0.1, 0.15) is 18.9 Å². The summed E-state index contributed by atoms with van der Waals surface area (Å²) in [6, 6.07) is 1.95. The van der Waals surface area contributed by atoms with Gasteiger partial charge in [0.25, 0.3) is 5.91 Å². The molecule has 6 heteroatoms. The van der Waals surface area contributed by atoms with Gasteiger partial charge in [-0.25, -0.2) is 0 Å². The summed E-state index contributed by atoms with van der Waals surface area (Å²) < 4.78 is 6.52.